The van der Waals surface area contributed by atoms with Crippen LogP contribution >= 0.6 is 0 Å². The molecule has 5 rings (SSSR count). The first-order valence-corrected chi connectivity index (χ1v) is 12.7. The van der Waals surface area contributed by atoms with Gasteiger partial charge in [-0.2, -0.15) is 5.26 Å². The van der Waals surface area contributed by atoms with E-state index in [2.05, 4.69) is 24.8 Å². The number of fused-ring (bicyclic) bond motifs is 1. The van der Waals surface area contributed by atoms with Crippen LogP contribution in [0.1, 0.15) is 55.5 Å². The van der Waals surface area contributed by atoms with Gasteiger partial charge < -0.3 is 14.6 Å². The lowest BCUT2D eigenvalue weighted by Crippen LogP contribution is -2.35. The Morgan fingerprint density at radius 1 is 1.16 bits per heavy atom. The van der Waals surface area contributed by atoms with Gasteiger partial charge in [0.15, 0.2) is 11.6 Å². The number of aromatic hydroxyl groups is 1. The molecular weight excluding hydrogens is 467 g/mol. The van der Waals surface area contributed by atoms with E-state index in [9.17, 15) is 10.4 Å². The number of rotatable bonds is 6. The van der Waals surface area contributed by atoms with Crippen LogP contribution in [0.2, 0.25) is 0 Å². The molecule has 0 amide bonds. The molecule has 0 spiro atoms. The number of phenols is 1. The first kappa shape index (κ1) is 24.9. The molecule has 190 valence electrons. The van der Waals surface area contributed by atoms with Crippen molar-refractivity contribution in [1.29, 1.82) is 5.26 Å². The van der Waals surface area contributed by atoms with Crippen molar-refractivity contribution in [3.05, 3.63) is 88.7 Å². The van der Waals surface area contributed by atoms with Gasteiger partial charge in [0.25, 0.3) is 0 Å². The Bertz CT molecular complexity index is 1380. The molecule has 0 saturated carbocycles. The summed E-state index contributed by atoms with van der Waals surface area (Å²) >= 11 is 0. The van der Waals surface area contributed by atoms with Crippen molar-refractivity contribution in [2.75, 3.05) is 19.7 Å². The van der Waals surface area contributed by atoms with Gasteiger partial charge in [0, 0.05) is 18.2 Å². The molecule has 1 saturated heterocycles. The van der Waals surface area contributed by atoms with E-state index in [1.807, 2.05) is 36.4 Å². The molecule has 1 N–H and O–H groups in total. The van der Waals surface area contributed by atoms with Crippen LogP contribution in [-0.4, -0.2) is 35.7 Å². The molecule has 1 fully saturated rings. The number of halogens is 1. The van der Waals surface area contributed by atoms with E-state index in [0.29, 0.717) is 40.7 Å². The van der Waals surface area contributed by atoms with Crippen LogP contribution in [0.3, 0.4) is 0 Å². The Balaban J connectivity index is 1.46. The lowest BCUT2D eigenvalue weighted by Gasteiger charge is -2.31. The van der Waals surface area contributed by atoms with E-state index in [1.54, 1.807) is 25.1 Å². The topological polar surface area (TPSA) is 65.7 Å². The van der Waals surface area contributed by atoms with Gasteiger partial charge in [-0.05, 0) is 79.8 Å². The summed E-state index contributed by atoms with van der Waals surface area (Å²) in [4.78, 5) is 2.47. The predicted molar refractivity (Wildman–Crippen MR) is 142 cm³/mol. The van der Waals surface area contributed by atoms with E-state index in [0.717, 1.165) is 30.3 Å². The average molecular weight is 499 g/mol. The van der Waals surface area contributed by atoms with Crippen molar-refractivity contribution in [3.63, 3.8) is 0 Å². The van der Waals surface area contributed by atoms with Crippen molar-refractivity contribution in [1.82, 2.24) is 4.90 Å². The zero-order valence-corrected chi connectivity index (χ0v) is 21.4. The molecule has 0 radical (unpaired) electrons. The van der Waals surface area contributed by atoms with Gasteiger partial charge in [0.2, 0.25) is 0 Å². The average Bonchev–Trinajstić information content (AvgIpc) is 3.36. The SMILES string of the molecule is CC1=C(c2ccccc2C#N)C(c2ccc(OCC(C)N3CCC(C)C3)cc2)Oc2ccc(O)c(F)c21. The number of hydrogen-bond donors (Lipinski definition) is 1. The van der Waals surface area contributed by atoms with Crippen molar-refractivity contribution in [3.8, 4) is 23.3 Å². The van der Waals surface area contributed by atoms with Crippen LogP contribution in [0.25, 0.3) is 11.1 Å². The number of hydrogen-bond acceptors (Lipinski definition) is 5. The second-order valence-corrected chi connectivity index (χ2v) is 10.1. The number of nitriles is 1. The van der Waals surface area contributed by atoms with Crippen molar-refractivity contribution < 1.29 is 19.0 Å². The molecule has 3 aromatic carbocycles. The zero-order valence-electron chi connectivity index (χ0n) is 21.4. The predicted octanol–water partition coefficient (Wildman–Crippen LogP) is 6.58. The second-order valence-electron chi connectivity index (χ2n) is 10.1. The largest absolute Gasteiger partial charge is 0.505 e. The van der Waals surface area contributed by atoms with Crippen LogP contribution in [0.5, 0.6) is 17.2 Å². The molecule has 5 nitrogen and oxygen atoms in total. The maximum atomic E-state index is 15.0. The van der Waals surface area contributed by atoms with Crippen molar-refractivity contribution in [2.45, 2.75) is 39.3 Å². The number of likely N-dealkylation sites (tertiary alicyclic amines) is 1. The van der Waals surface area contributed by atoms with Gasteiger partial charge in [0.05, 0.1) is 17.2 Å². The maximum Gasteiger partial charge on any atom is 0.176 e. The summed E-state index contributed by atoms with van der Waals surface area (Å²) in [5.41, 5.74) is 3.53. The summed E-state index contributed by atoms with van der Waals surface area (Å²) in [6, 6.07) is 20.4. The molecule has 2 heterocycles. The maximum absolute atomic E-state index is 15.0. The Morgan fingerprint density at radius 2 is 1.92 bits per heavy atom. The summed E-state index contributed by atoms with van der Waals surface area (Å²) in [6.45, 7) is 9.13. The monoisotopic (exact) mass is 498 g/mol. The van der Waals surface area contributed by atoms with Gasteiger partial charge in [-0.15, -0.1) is 0 Å². The fourth-order valence-corrected chi connectivity index (χ4v) is 5.34. The quantitative estimate of drug-likeness (QED) is 0.416. The normalized spacial score (nSPS) is 20.2. The molecule has 0 bridgehead atoms. The number of nitrogens with zero attached hydrogens (tertiary/aromatic N) is 2. The van der Waals surface area contributed by atoms with Gasteiger partial charge >= 0.3 is 0 Å². The Hall–Kier alpha value is -3.82. The van der Waals surface area contributed by atoms with E-state index in [-0.39, 0.29) is 5.56 Å². The van der Waals surface area contributed by atoms with Crippen molar-refractivity contribution in [2.24, 2.45) is 5.92 Å². The van der Waals surface area contributed by atoms with Crippen LogP contribution < -0.4 is 9.47 Å². The Morgan fingerprint density at radius 3 is 2.62 bits per heavy atom. The first-order chi connectivity index (χ1) is 17.9. The summed E-state index contributed by atoms with van der Waals surface area (Å²) in [6.07, 6.45) is 0.669. The highest BCUT2D eigenvalue weighted by atomic mass is 19.1. The molecule has 0 aliphatic carbocycles. The van der Waals surface area contributed by atoms with E-state index >= 15 is 4.39 Å². The van der Waals surface area contributed by atoms with Crippen molar-refractivity contribution >= 4 is 11.1 Å². The van der Waals surface area contributed by atoms with Gasteiger partial charge in [-0.3, -0.25) is 4.90 Å². The van der Waals surface area contributed by atoms with Gasteiger partial charge in [-0.1, -0.05) is 37.3 Å². The first-order valence-electron chi connectivity index (χ1n) is 12.7. The van der Waals surface area contributed by atoms with Crippen LogP contribution in [0.4, 0.5) is 4.39 Å². The summed E-state index contributed by atoms with van der Waals surface area (Å²) in [5, 5.41) is 19.8. The minimum Gasteiger partial charge on any atom is -0.505 e. The highest BCUT2D eigenvalue weighted by molar-refractivity contribution is 5.97. The van der Waals surface area contributed by atoms with Gasteiger partial charge in [0.1, 0.15) is 24.2 Å². The standard InChI is InChI=1S/C31H31FN2O3/c1-19-14-15-34(17-19)20(2)18-36-24-10-8-22(9-11-24)31-28(25-7-5-4-6-23(25)16-33)21(3)29-27(37-31)13-12-26(35)30(29)32/h4-13,19-20,31,35H,14-15,17-18H2,1-3H3. The number of ether oxygens (including phenoxy) is 2. The van der Waals surface area contributed by atoms with Gasteiger partial charge in [-0.25, -0.2) is 4.39 Å². The fourth-order valence-electron chi connectivity index (χ4n) is 5.34. The highest BCUT2D eigenvalue weighted by Crippen LogP contribution is 2.49. The third kappa shape index (κ3) is 4.80. The molecule has 3 atom stereocenters. The molecule has 6 heteroatoms. The number of phenolic OH excluding ortho intramolecular Hbond substituents is 1. The minimum atomic E-state index is -0.731. The zero-order chi connectivity index (χ0) is 26.1. The number of allylic oxidation sites excluding steroid dienone is 1. The fraction of sp³-hybridized carbons (Fsp3) is 0.323. The molecule has 2 aliphatic rings. The molecule has 2 aliphatic heterocycles. The van der Waals surface area contributed by atoms with Crippen LogP contribution in [0, 0.1) is 23.1 Å². The highest BCUT2D eigenvalue weighted by Gasteiger charge is 2.33. The minimum absolute atomic E-state index is 0.212. The lowest BCUT2D eigenvalue weighted by atomic mass is 9.84. The molecule has 3 unspecified atom stereocenters. The third-order valence-corrected chi connectivity index (χ3v) is 7.46. The van der Waals surface area contributed by atoms with Crippen LogP contribution in [0.15, 0.2) is 60.7 Å². The Kier molecular flexibility index (Phi) is 6.90. The second kappa shape index (κ2) is 10.3. The molecule has 37 heavy (non-hydrogen) atoms. The van der Waals surface area contributed by atoms with E-state index < -0.39 is 17.7 Å². The van der Waals surface area contributed by atoms with E-state index in [4.69, 9.17) is 9.47 Å². The summed E-state index contributed by atoms with van der Waals surface area (Å²) < 4.78 is 27.5. The third-order valence-electron chi connectivity index (χ3n) is 7.46. The summed E-state index contributed by atoms with van der Waals surface area (Å²) in [5.74, 6) is 0.689. The van der Waals surface area contributed by atoms with Crippen LogP contribution in [-0.2, 0) is 0 Å². The molecule has 3 aromatic rings. The summed E-state index contributed by atoms with van der Waals surface area (Å²) in [7, 11) is 0. The Labute approximate surface area is 217 Å². The smallest absolute Gasteiger partial charge is 0.176 e. The van der Waals surface area contributed by atoms with E-state index in [1.165, 1.54) is 12.5 Å². The number of benzene rings is 3. The molecular formula is C31H31FN2O3. The molecule has 0 aromatic heterocycles. The lowest BCUT2D eigenvalue weighted by molar-refractivity contribution is 0.169.